The maximum atomic E-state index is 13.1. The molecule has 1 atom stereocenters. The summed E-state index contributed by atoms with van der Waals surface area (Å²) in [6, 6.07) is 18.4. The molecule has 3 nitrogen and oxygen atoms in total. The number of carbonyl (C=O) groups excluding carboxylic acids is 1. The molecule has 0 saturated carbocycles. The molecule has 24 heavy (non-hydrogen) atoms. The van der Waals surface area contributed by atoms with Crippen molar-refractivity contribution in [3.63, 3.8) is 0 Å². The molecular formula is C21H26N2O. The van der Waals surface area contributed by atoms with Crippen LogP contribution in [0.5, 0.6) is 0 Å². The minimum atomic E-state index is 0.183. The van der Waals surface area contributed by atoms with Gasteiger partial charge in [0.1, 0.15) is 0 Å². The highest BCUT2D eigenvalue weighted by molar-refractivity contribution is 5.95. The standard InChI is InChI=1S/C21H26N2O/c1-22-15-18-10-7-13-23(16-18)21(24)20-12-6-5-11-19(20)14-17-8-3-2-4-9-17/h2-6,8-9,11-12,18,22H,7,10,13-16H2,1H3. The van der Waals surface area contributed by atoms with E-state index in [9.17, 15) is 4.79 Å². The smallest absolute Gasteiger partial charge is 0.254 e. The third-order valence-corrected chi connectivity index (χ3v) is 4.78. The predicted molar refractivity (Wildman–Crippen MR) is 98.2 cm³/mol. The van der Waals surface area contributed by atoms with E-state index in [4.69, 9.17) is 0 Å². The number of nitrogens with zero attached hydrogens (tertiary/aromatic N) is 1. The predicted octanol–water partition coefficient (Wildman–Crippen LogP) is 3.35. The summed E-state index contributed by atoms with van der Waals surface area (Å²) in [7, 11) is 1.98. The van der Waals surface area contributed by atoms with E-state index in [1.165, 1.54) is 12.0 Å². The van der Waals surface area contributed by atoms with Gasteiger partial charge in [-0.1, -0.05) is 48.5 Å². The number of benzene rings is 2. The lowest BCUT2D eigenvalue weighted by Crippen LogP contribution is -2.42. The van der Waals surface area contributed by atoms with Gasteiger partial charge in [-0.25, -0.2) is 0 Å². The molecule has 2 aromatic carbocycles. The van der Waals surface area contributed by atoms with Crippen LogP contribution in [0.15, 0.2) is 54.6 Å². The summed E-state index contributed by atoms with van der Waals surface area (Å²) < 4.78 is 0. The second kappa shape index (κ2) is 8.11. The van der Waals surface area contributed by atoms with Crippen molar-refractivity contribution < 1.29 is 4.79 Å². The Morgan fingerprint density at radius 1 is 1.12 bits per heavy atom. The second-order valence-corrected chi connectivity index (χ2v) is 6.64. The first-order valence-corrected chi connectivity index (χ1v) is 8.83. The van der Waals surface area contributed by atoms with E-state index in [-0.39, 0.29) is 5.91 Å². The van der Waals surface area contributed by atoms with Gasteiger partial charge in [-0.3, -0.25) is 4.79 Å². The Balaban J connectivity index is 1.77. The fourth-order valence-electron chi connectivity index (χ4n) is 3.57. The number of nitrogens with one attached hydrogen (secondary N) is 1. The maximum absolute atomic E-state index is 13.1. The summed E-state index contributed by atoms with van der Waals surface area (Å²) in [5.74, 6) is 0.747. The van der Waals surface area contributed by atoms with Crippen LogP contribution in [0, 0.1) is 5.92 Å². The molecule has 0 bridgehead atoms. The quantitative estimate of drug-likeness (QED) is 0.915. The number of hydrogen-bond donors (Lipinski definition) is 1. The second-order valence-electron chi connectivity index (χ2n) is 6.64. The van der Waals surface area contributed by atoms with Crippen LogP contribution in [0.3, 0.4) is 0 Å². The number of rotatable bonds is 5. The lowest BCUT2D eigenvalue weighted by molar-refractivity contribution is 0.0673. The van der Waals surface area contributed by atoms with E-state index < -0.39 is 0 Å². The van der Waals surface area contributed by atoms with Crippen molar-refractivity contribution in [2.45, 2.75) is 19.3 Å². The van der Waals surface area contributed by atoms with Crippen molar-refractivity contribution in [1.82, 2.24) is 10.2 Å². The van der Waals surface area contributed by atoms with E-state index >= 15 is 0 Å². The van der Waals surface area contributed by atoms with Crippen LogP contribution >= 0.6 is 0 Å². The van der Waals surface area contributed by atoms with Crippen molar-refractivity contribution in [1.29, 1.82) is 0 Å². The Labute approximate surface area is 144 Å². The van der Waals surface area contributed by atoms with Crippen molar-refractivity contribution in [3.8, 4) is 0 Å². The summed E-state index contributed by atoms with van der Waals surface area (Å²) in [6.07, 6.45) is 3.10. The fraction of sp³-hybridized carbons (Fsp3) is 0.381. The molecule has 0 spiro atoms. The Bertz CT molecular complexity index is 667. The van der Waals surface area contributed by atoms with Gasteiger partial charge in [0.15, 0.2) is 0 Å². The molecule has 0 radical (unpaired) electrons. The number of piperidine rings is 1. The average Bonchev–Trinajstić information content (AvgIpc) is 2.63. The highest BCUT2D eigenvalue weighted by Crippen LogP contribution is 2.21. The van der Waals surface area contributed by atoms with Gasteiger partial charge >= 0.3 is 0 Å². The van der Waals surface area contributed by atoms with E-state index in [1.807, 2.05) is 48.3 Å². The first-order valence-electron chi connectivity index (χ1n) is 8.83. The molecular weight excluding hydrogens is 296 g/mol. The molecule has 3 rings (SSSR count). The van der Waals surface area contributed by atoms with Crippen molar-refractivity contribution >= 4 is 5.91 Å². The fourth-order valence-corrected chi connectivity index (χ4v) is 3.57. The highest BCUT2D eigenvalue weighted by Gasteiger charge is 2.25. The maximum Gasteiger partial charge on any atom is 0.254 e. The van der Waals surface area contributed by atoms with Crippen molar-refractivity contribution in [3.05, 3.63) is 71.3 Å². The minimum absolute atomic E-state index is 0.183. The topological polar surface area (TPSA) is 32.3 Å². The van der Waals surface area contributed by atoms with Gasteiger partial charge in [-0.2, -0.15) is 0 Å². The zero-order chi connectivity index (χ0) is 16.8. The summed E-state index contributed by atoms with van der Waals surface area (Å²) >= 11 is 0. The molecule has 0 aliphatic carbocycles. The van der Waals surface area contributed by atoms with Crippen molar-refractivity contribution in [2.75, 3.05) is 26.7 Å². The Morgan fingerprint density at radius 2 is 1.88 bits per heavy atom. The normalized spacial score (nSPS) is 17.7. The monoisotopic (exact) mass is 322 g/mol. The zero-order valence-corrected chi connectivity index (χ0v) is 14.4. The van der Waals surface area contributed by atoms with Gasteiger partial charge in [-0.05, 0) is 56.0 Å². The number of likely N-dealkylation sites (tertiary alicyclic amines) is 1. The molecule has 3 heteroatoms. The SMILES string of the molecule is CNCC1CCCN(C(=O)c2ccccc2Cc2ccccc2)C1. The summed E-state index contributed by atoms with van der Waals surface area (Å²) in [4.78, 5) is 15.1. The molecule has 1 unspecified atom stereocenters. The van der Waals surface area contributed by atoms with Crippen molar-refractivity contribution in [2.24, 2.45) is 5.92 Å². The van der Waals surface area contributed by atoms with Crippen LogP contribution in [0.2, 0.25) is 0 Å². The minimum Gasteiger partial charge on any atom is -0.338 e. The van der Waals surface area contributed by atoms with E-state index in [0.717, 1.165) is 43.6 Å². The lowest BCUT2D eigenvalue weighted by Gasteiger charge is -2.33. The Hall–Kier alpha value is -2.13. The Morgan fingerprint density at radius 3 is 2.67 bits per heavy atom. The zero-order valence-electron chi connectivity index (χ0n) is 14.4. The summed E-state index contributed by atoms with van der Waals surface area (Å²) in [5, 5.41) is 3.24. The molecule has 1 fully saturated rings. The van der Waals surface area contributed by atoms with E-state index in [0.29, 0.717) is 5.92 Å². The molecule has 1 saturated heterocycles. The molecule has 126 valence electrons. The van der Waals surface area contributed by atoms with E-state index in [1.54, 1.807) is 0 Å². The number of carbonyl (C=O) groups is 1. The van der Waals surface area contributed by atoms with Gasteiger partial charge in [0.25, 0.3) is 5.91 Å². The van der Waals surface area contributed by atoms with Gasteiger partial charge in [0, 0.05) is 18.7 Å². The molecule has 1 aliphatic heterocycles. The van der Waals surface area contributed by atoms with E-state index in [2.05, 4.69) is 23.5 Å². The lowest BCUT2D eigenvalue weighted by atomic mass is 9.95. The molecule has 0 aromatic heterocycles. The largest absolute Gasteiger partial charge is 0.338 e. The van der Waals surface area contributed by atoms with Crippen LogP contribution in [0.4, 0.5) is 0 Å². The first-order chi connectivity index (χ1) is 11.8. The average molecular weight is 322 g/mol. The molecule has 1 amide bonds. The van der Waals surface area contributed by atoms with Crippen LogP contribution in [0.1, 0.15) is 34.3 Å². The van der Waals surface area contributed by atoms with Crippen LogP contribution in [0.25, 0.3) is 0 Å². The third-order valence-electron chi connectivity index (χ3n) is 4.78. The van der Waals surface area contributed by atoms with Gasteiger partial charge in [0.05, 0.1) is 0 Å². The van der Waals surface area contributed by atoms with Gasteiger partial charge in [-0.15, -0.1) is 0 Å². The van der Waals surface area contributed by atoms with Crippen LogP contribution in [-0.4, -0.2) is 37.5 Å². The summed E-state index contributed by atoms with van der Waals surface area (Å²) in [5.41, 5.74) is 3.21. The van der Waals surface area contributed by atoms with Gasteiger partial charge in [0.2, 0.25) is 0 Å². The Kier molecular flexibility index (Phi) is 5.65. The first kappa shape index (κ1) is 16.7. The summed E-state index contributed by atoms with van der Waals surface area (Å²) in [6.45, 7) is 2.72. The van der Waals surface area contributed by atoms with Crippen LogP contribution < -0.4 is 5.32 Å². The van der Waals surface area contributed by atoms with Gasteiger partial charge < -0.3 is 10.2 Å². The number of hydrogen-bond acceptors (Lipinski definition) is 2. The van der Waals surface area contributed by atoms with Crippen LogP contribution in [-0.2, 0) is 6.42 Å². The third kappa shape index (κ3) is 4.04. The molecule has 1 N–H and O–H groups in total. The highest BCUT2D eigenvalue weighted by atomic mass is 16.2. The molecule has 1 aliphatic rings. The molecule has 2 aromatic rings. The molecule has 1 heterocycles. The number of amides is 1.